The zero-order chi connectivity index (χ0) is 13.7. The molecule has 0 spiro atoms. The Morgan fingerprint density at radius 3 is 2.79 bits per heavy atom. The van der Waals surface area contributed by atoms with Gasteiger partial charge in [-0.2, -0.15) is 0 Å². The van der Waals surface area contributed by atoms with Crippen molar-refractivity contribution in [3.05, 3.63) is 30.1 Å². The highest BCUT2D eigenvalue weighted by atomic mass is 16.2. The minimum Gasteiger partial charge on any atom is -0.341 e. The van der Waals surface area contributed by atoms with E-state index < -0.39 is 0 Å². The molecular formula is C15H23N3O. The van der Waals surface area contributed by atoms with Crippen LogP contribution in [0.5, 0.6) is 0 Å². The monoisotopic (exact) mass is 261 g/mol. The third-order valence-corrected chi connectivity index (χ3v) is 4.12. The molecule has 0 saturated carbocycles. The lowest BCUT2D eigenvalue weighted by molar-refractivity contribution is -0.142. The molecule has 2 heterocycles. The molecule has 1 aromatic heterocycles. The molecular weight excluding hydrogens is 238 g/mol. The minimum absolute atomic E-state index is 0.208. The van der Waals surface area contributed by atoms with Gasteiger partial charge in [0.1, 0.15) is 0 Å². The number of nitrogens with one attached hydrogen (secondary N) is 1. The van der Waals surface area contributed by atoms with Gasteiger partial charge >= 0.3 is 0 Å². The maximum atomic E-state index is 12.7. The van der Waals surface area contributed by atoms with Crippen LogP contribution < -0.4 is 5.32 Å². The Morgan fingerprint density at radius 2 is 2.21 bits per heavy atom. The highest BCUT2D eigenvalue weighted by Gasteiger charge is 2.39. The molecule has 1 fully saturated rings. The molecule has 2 rings (SSSR count). The summed E-state index contributed by atoms with van der Waals surface area (Å²) in [5.74, 6) is 0.263. The van der Waals surface area contributed by atoms with Crippen molar-refractivity contribution in [3.63, 3.8) is 0 Å². The van der Waals surface area contributed by atoms with Crippen LogP contribution in [0.15, 0.2) is 24.5 Å². The average molecular weight is 261 g/mol. The van der Waals surface area contributed by atoms with E-state index in [0.29, 0.717) is 6.54 Å². The van der Waals surface area contributed by atoms with E-state index in [4.69, 9.17) is 0 Å². The fourth-order valence-corrected chi connectivity index (χ4v) is 2.84. The van der Waals surface area contributed by atoms with Crippen LogP contribution in [0.4, 0.5) is 0 Å². The molecule has 4 nitrogen and oxygen atoms in total. The van der Waals surface area contributed by atoms with Crippen molar-refractivity contribution < 1.29 is 4.79 Å². The van der Waals surface area contributed by atoms with Crippen LogP contribution >= 0.6 is 0 Å². The number of carbonyl (C=O) groups is 1. The van der Waals surface area contributed by atoms with Gasteiger partial charge in [-0.1, -0.05) is 6.92 Å². The third-order valence-electron chi connectivity index (χ3n) is 4.12. The second-order valence-electron chi connectivity index (χ2n) is 5.43. The van der Waals surface area contributed by atoms with Gasteiger partial charge in [0.25, 0.3) is 0 Å². The summed E-state index contributed by atoms with van der Waals surface area (Å²) >= 11 is 0. The first kappa shape index (κ1) is 14.0. The van der Waals surface area contributed by atoms with Crippen molar-refractivity contribution >= 4 is 5.91 Å². The Kier molecular flexibility index (Phi) is 4.53. The zero-order valence-corrected chi connectivity index (χ0v) is 11.9. The Balaban J connectivity index is 2.05. The van der Waals surface area contributed by atoms with Crippen molar-refractivity contribution in [1.82, 2.24) is 15.2 Å². The fraction of sp³-hybridized carbons (Fsp3) is 0.600. The SMILES string of the molecule is CCC1(C(=O)N(C)Cc2ccncc2)CCCNC1. The number of nitrogens with zero attached hydrogens (tertiary/aromatic N) is 2. The second-order valence-corrected chi connectivity index (χ2v) is 5.43. The van der Waals surface area contributed by atoms with E-state index in [0.717, 1.165) is 37.9 Å². The van der Waals surface area contributed by atoms with Gasteiger partial charge in [-0.25, -0.2) is 0 Å². The predicted molar refractivity (Wildman–Crippen MR) is 75.5 cm³/mol. The molecule has 0 aromatic carbocycles. The Morgan fingerprint density at radius 1 is 1.47 bits per heavy atom. The third kappa shape index (κ3) is 3.13. The number of hydrogen-bond acceptors (Lipinski definition) is 3. The van der Waals surface area contributed by atoms with Gasteiger partial charge in [-0.15, -0.1) is 0 Å². The van der Waals surface area contributed by atoms with Crippen molar-refractivity contribution in [2.45, 2.75) is 32.7 Å². The van der Waals surface area contributed by atoms with Gasteiger partial charge in [0.2, 0.25) is 5.91 Å². The second kappa shape index (κ2) is 6.15. The number of aromatic nitrogens is 1. The molecule has 104 valence electrons. The standard InChI is InChI=1S/C15H23N3O/c1-3-15(7-4-8-17-12-15)14(19)18(2)11-13-5-9-16-10-6-13/h5-6,9-10,17H,3-4,7-8,11-12H2,1-2H3. The van der Waals surface area contributed by atoms with Crippen LogP contribution in [0.25, 0.3) is 0 Å². The summed E-state index contributed by atoms with van der Waals surface area (Å²) in [5.41, 5.74) is 0.918. The maximum Gasteiger partial charge on any atom is 0.230 e. The van der Waals surface area contributed by atoms with E-state index in [1.54, 1.807) is 12.4 Å². The van der Waals surface area contributed by atoms with Crippen molar-refractivity contribution in [2.75, 3.05) is 20.1 Å². The lowest BCUT2D eigenvalue weighted by Gasteiger charge is -2.38. The van der Waals surface area contributed by atoms with E-state index >= 15 is 0 Å². The highest BCUT2D eigenvalue weighted by Crippen LogP contribution is 2.32. The number of hydrogen-bond donors (Lipinski definition) is 1. The summed E-state index contributed by atoms with van der Waals surface area (Å²) < 4.78 is 0. The van der Waals surface area contributed by atoms with E-state index in [-0.39, 0.29) is 11.3 Å². The average Bonchev–Trinajstić information content (AvgIpc) is 2.48. The van der Waals surface area contributed by atoms with E-state index in [9.17, 15) is 4.79 Å². The summed E-state index contributed by atoms with van der Waals surface area (Å²) in [5, 5.41) is 3.37. The summed E-state index contributed by atoms with van der Waals surface area (Å²) in [7, 11) is 1.90. The zero-order valence-electron chi connectivity index (χ0n) is 11.9. The Hall–Kier alpha value is -1.42. The lowest BCUT2D eigenvalue weighted by Crippen LogP contribution is -2.50. The number of rotatable bonds is 4. The lowest BCUT2D eigenvalue weighted by atomic mass is 9.77. The number of piperidine rings is 1. The Bertz CT molecular complexity index is 413. The van der Waals surface area contributed by atoms with E-state index in [1.165, 1.54) is 0 Å². The van der Waals surface area contributed by atoms with Crippen LogP contribution in [-0.2, 0) is 11.3 Å². The molecule has 1 unspecified atom stereocenters. The van der Waals surface area contributed by atoms with Crippen LogP contribution in [0.3, 0.4) is 0 Å². The molecule has 1 aliphatic rings. The number of amides is 1. The van der Waals surface area contributed by atoms with Crippen molar-refractivity contribution in [1.29, 1.82) is 0 Å². The van der Waals surface area contributed by atoms with Gasteiger partial charge in [-0.05, 0) is 43.5 Å². The molecule has 4 heteroatoms. The van der Waals surface area contributed by atoms with Gasteiger partial charge in [0, 0.05) is 32.5 Å². The van der Waals surface area contributed by atoms with Crippen LogP contribution in [-0.4, -0.2) is 35.9 Å². The topological polar surface area (TPSA) is 45.2 Å². The van der Waals surface area contributed by atoms with E-state index in [2.05, 4.69) is 17.2 Å². The van der Waals surface area contributed by atoms with Crippen LogP contribution in [0.1, 0.15) is 31.7 Å². The summed E-state index contributed by atoms with van der Waals surface area (Å²) in [4.78, 5) is 18.6. The van der Waals surface area contributed by atoms with Gasteiger partial charge < -0.3 is 10.2 Å². The molecule has 0 radical (unpaired) electrons. The van der Waals surface area contributed by atoms with Crippen molar-refractivity contribution in [2.24, 2.45) is 5.41 Å². The van der Waals surface area contributed by atoms with Gasteiger partial charge in [0.05, 0.1) is 5.41 Å². The maximum absolute atomic E-state index is 12.7. The molecule has 1 amide bonds. The molecule has 1 atom stereocenters. The number of pyridine rings is 1. The van der Waals surface area contributed by atoms with E-state index in [1.807, 2.05) is 24.1 Å². The molecule has 0 bridgehead atoms. The van der Waals surface area contributed by atoms with Crippen LogP contribution in [0.2, 0.25) is 0 Å². The quantitative estimate of drug-likeness (QED) is 0.899. The summed E-state index contributed by atoms with van der Waals surface area (Å²) in [6.45, 7) is 4.61. The largest absolute Gasteiger partial charge is 0.341 e. The predicted octanol–water partition coefficient (Wildman–Crippen LogP) is 1.82. The van der Waals surface area contributed by atoms with Gasteiger partial charge in [-0.3, -0.25) is 9.78 Å². The first-order valence-electron chi connectivity index (χ1n) is 7.03. The molecule has 1 saturated heterocycles. The Labute approximate surface area is 115 Å². The van der Waals surface area contributed by atoms with Gasteiger partial charge in [0.15, 0.2) is 0 Å². The first-order valence-corrected chi connectivity index (χ1v) is 7.03. The minimum atomic E-state index is -0.208. The normalized spacial score (nSPS) is 23.1. The highest BCUT2D eigenvalue weighted by molar-refractivity contribution is 5.82. The molecule has 19 heavy (non-hydrogen) atoms. The fourth-order valence-electron chi connectivity index (χ4n) is 2.84. The summed E-state index contributed by atoms with van der Waals surface area (Å²) in [6, 6.07) is 3.92. The molecule has 1 N–H and O–H groups in total. The molecule has 1 aliphatic heterocycles. The summed E-state index contributed by atoms with van der Waals surface area (Å²) in [6.07, 6.45) is 6.52. The molecule has 1 aromatic rings. The smallest absolute Gasteiger partial charge is 0.230 e. The van der Waals surface area contributed by atoms with Crippen molar-refractivity contribution in [3.8, 4) is 0 Å². The number of carbonyl (C=O) groups excluding carboxylic acids is 1. The first-order chi connectivity index (χ1) is 9.18. The van der Waals surface area contributed by atoms with Crippen LogP contribution in [0, 0.1) is 5.41 Å². The molecule has 0 aliphatic carbocycles.